The third-order valence-corrected chi connectivity index (χ3v) is 11.0. The van der Waals surface area contributed by atoms with E-state index in [0.717, 1.165) is 5.56 Å². The number of sulfonamides is 2. The lowest BCUT2D eigenvalue weighted by molar-refractivity contribution is -0.135. The summed E-state index contributed by atoms with van der Waals surface area (Å²) in [6.45, 7) is 2.56. The number of piperidine rings is 1. The van der Waals surface area contributed by atoms with Crippen LogP contribution in [-0.2, 0) is 31.4 Å². The summed E-state index contributed by atoms with van der Waals surface area (Å²) in [6.07, 6.45) is 1.42. The molecule has 1 aliphatic heterocycles. The molecule has 0 N–H and O–H groups in total. The highest BCUT2D eigenvalue weighted by Gasteiger charge is 2.35. The number of carbonyl (C=O) groups excluding carboxylic acids is 1. The number of carbonyl (C=O) groups is 1. The van der Waals surface area contributed by atoms with Crippen molar-refractivity contribution >= 4 is 26.0 Å². The van der Waals surface area contributed by atoms with Gasteiger partial charge in [0.05, 0.1) is 23.4 Å². The van der Waals surface area contributed by atoms with Gasteiger partial charge in [-0.25, -0.2) is 16.8 Å². The molecule has 3 aromatic carbocycles. The van der Waals surface area contributed by atoms with E-state index in [1.165, 1.54) is 20.7 Å². The van der Waals surface area contributed by atoms with E-state index in [1.807, 2.05) is 31.2 Å². The molecule has 1 heterocycles. The molecule has 0 radical (unpaired) electrons. The molecule has 1 amide bonds. The summed E-state index contributed by atoms with van der Waals surface area (Å²) in [5.74, 6) is 0.368. The molecule has 4 rings (SSSR count). The van der Waals surface area contributed by atoms with E-state index < -0.39 is 20.0 Å². The van der Waals surface area contributed by atoms with Crippen molar-refractivity contribution in [1.82, 2.24) is 13.5 Å². The van der Waals surface area contributed by atoms with Gasteiger partial charge in [-0.05, 0) is 61.2 Å². The second kappa shape index (κ2) is 13.6. The molecule has 0 aliphatic carbocycles. The normalized spacial score (nSPS) is 15.1. The second-order valence-corrected chi connectivity index (χ2v) is 13.8. The van der Waals surface area contributed by atoms with Crippen LogP contribution in [0.5, 0.6) is 5.75 Å². The maximum atomic E-state index is 13.9. The lowest BCUT2D eigenvalue weighted by Crippen LogP contribution is -2.51. The monoisotopic (exact) mass is 599 g/mol. The fourth-order valence-corrected chi connectivity index (χ4v) is 7.99. The Morgan fingerprint density at radius 3 is 1.95 bits per heavy atom. The van der Waals surface area contributed by atoms with Crippen molar-refractivity contribution in [2.45, 2.75) is 48.6 Å². The van der Waals surface area contributed by atoms with Gasteiger partial charge in [0.25, 0.3) is 0 Å². The molecule has 11 heteroatoms. The van der Waals surface area contributed by atoms with Gasteiger partial charge < -0.3 is 9.64 Å². The Morgan fingerprint density at radius 1 is 0.854 bits per heavy atom. The molecular formula is C30H37N3O6S2. The van der Waals surface area contributed by atoms with Crippen LogP contribution < -0.4 is 4.74 Å². The first-order valence-corrected chi connectivity index (χ1v) is 16.6. The summed E-state index contributed by atoms with van der Waals surface area (Å²) >= 11 is 0. The van der Waals surface area contributed by atoms with Crippen LogP contribution >= 0.6 is 0 Å². The van der Waals surface area contributed by atoms with Crippen LogP contribution in [-0.4, -0.2) is 75.6 Å². The topological polar surface area (TPSA) is 104 Å². The fourth-order valence-electron chi connectivity index (χ4n) is 5.00. The maximum Gasteiger partial charge on any atom is 0.243 e. The minimum atomic E-state index is -3.88. The number of nitrogens with zero attached hydrogens (tertiary/aromatic N) is 3. The molecule has 3 aromatic rings. The van der Waals surface area contributed by atoms with Gasteiger partial charge in [0.2, 0.25) is 26.0 Å². The van der Waals surface area contributed by atoms with Gasteiger partial charge in [0.1, 0.15) is 5.75 Å². The summed E-state index contributed by atoms with van der Waals surface area (Å²) in [6, 6.07) is 23.6. The molecule has 0 bridgehead atoms. The molecule has 0 unspecified atom stereocenters. The van der Waals surface area contributed by atoms with E-state index in [4.69, 9.17) is 4.74 Å². The zero-order valence-corrected chi connectivity index (χ0v) is 25.1. The first kappa shape index (κ1) is 30.7. The molecule has 0 aromatic heterocycles. The van der Waals surface area contributed by atoms with E-state index in [9.17, 15) is 21.6 Å². The van der Waals surface area contributed by atoms with Crippen molar-refractivity contribution in [3.8, 4) is 5.75 Å². The molecule has 1 aliphatic rings. The van der Waals surface area contributed by atoms with Crippen LogP contribution in [0.1, 0.15) is 31.7 Å². The summed E-state index contributed by atoms with van der Waals surface area (Å²) in [5.41, 5.74) is 0.867. The Morgan fingerprint density at radius 2 is 1.41 bits per heavy atom. The highest BCUT2D eigenvalue weighted by Crippen LogP contribution is 2.26. The minimum absolute atomic E-state index is 0.141. The number of methoxy groups -OCH3 is 1. The maximum absolute atomic E-state index is 13.9. The summed E-state index contributed by atoms with van der Waals surface area (Å²) in [4.78, 5) is 16.0. The summed E-state index contributed by atoms with van der Waals surface area (Å²) in [7, 11) is -5.95. The van der Waals surface area contributed by atoms with Crippen molar-refractivity contribution in [2.24, 2.45) is 0 Å². The molecule has 1 fully saturated rings. The van der Waals surface area contributed by atoms with E-state index in [1.54, 1.807) is 60.5 Å². The lowest BCUT2D eigenvalue weighted by Gasteiger charge is -2.39. The molecule has 0 saturated carbocycles. The Hall–Kier alpha value is -3.25. The Bertz CT molecular complexity index is 1490. The predicted octanol–water partition coefficient (Wildman–Crippen LogP) is 3.98. The van der Waals surface area contributed by atoms with Crippen molar-refractivity contribution in [3.63, 3.8) is 0 Å². The standard InChI is InChI=1S/C30H37N3O6S2/c1-3-20-32(41(37,38)29-12-8-5-9-13-29)24-30(34)33(23-25-14-16-27(39-2)17-15-25)26-18-21-31(22-19-26)40(35,36)28-10-6-4-7-11-28/h4-17,26H,3,18-24H2,1-2H3. The zero-order valence-electron chi connectivity index (χ0n) is 23.4. The number of amides is 1. The van der Waals surface area contributed by atoms with Crippen LogP contribution in [0.15, 0.2) is 94.7 Å². The Labute approximate surface area is 243 Å². The fraction of sp³-hybridized carbons (Fsp3) is 0.367. The Kier molecular flexibility index (Phi) is 10.2. The van der Waals surface area contributed by atoms with Gasteiger partial charge in [-0.2, -0.15) is 8.61 Å². The summed E-state index contributed by atoms with van der Waals surface area (Å²) in [5, 5.41) is 0. The Balaban J connectivity index is 1.56. The highest BCUT2D eigenvalue weighted by atomic mass is 32.2. The molecular weight excluding hydrogens is 562 g/mol. The van der Waals surface area contributed by atoms with Crippen molar-refractivity contribution in [1.29, 1.82) is 0 Å². The number of hydrogen-bond donors (Lipinski definition) is 0. The van der Waals surface area contributed by atoms with Crippen molar-refractivity contribution in [3.05, 3.63) is 90.5 Å². The predicted molar refractivity (Wildman–Crippen MR) is 157 cm³/mol. The number of ether oxygens (including phenoxy) is 1. The zero-order chi connectivity index (χ0) is 29.5. The SMILES string of the molecule is CCCN(CC(=O)N(Cc1ccc(OC)cc1)C1CCN(S(=O)(=O)c2ccccc2)CC1)S(=O)(=O)c1ccccc1. The van der Waals surface area contributed by atoms with Crippen LogP contribution in [0.2, 0.25) is 0 Å². The summed E-state index contributed by atoms with van der Waals surface area (Å²) < 4.78 is 61.2. The van der Waals surface area contributed by atoms with E-state index in [-0.39, 0.29) is 54.5 Å². The smallest absolute Gasteiger partial charge is 0.243 e. The molecule has 0 spiro atoms. The average molecular weight is 600 g/mol. The van der Waals surface area contributed by atoms with Gasteiger partial charge in [-0.15, -0.1) is 0 Å². The lowest BCUT2D eigenvalue weighted by atomic mass is 10.0. The van der Waals surface area contributed by atoms with Crippen LogP contribution in [0, 0.1) is 0 Å². The number of benzene rings is 3. The van der Waals surface area contributed by atoms with E-state index in [2.05, 4.69) is 0 Å². The van der Waals surface area contributed by atoms with Gasteiger partial charge >= 0.3 is 0 Å². The quantitative estimate of drug-likeness (QED) is 0.312. The van der Waals surface area contributed by atoms with Gasteiger partial charge in [0.15, 0.2) is 0 Å². The van der Waals surface area contributed by atoms with E-state index in [0.29, 0.717) is 25.0 Å². The number of hydrogen-bond acceptors (Lipinski definition) is 6. The molecule has 0 atom stereocenters. The first-order chi connectivity index (χ1) is 19.7. The third-order valence-electron chi connectivity index (χ3n) is 7.24. The van der Waals surface area contributed by atoms with Crippen molar-refractivity contribution in [2.75, 3.05) is 33.3 Å². The van der Waals surface area contributed by atoms with Crippen LogP contribution in [0.3, 0.4) is 0 Å². The third kappa shape index (κ3) is 7.34. The van der Waals surface area contributed by atoms with Crippen molar-refractivity contribution < 1.29 is 26.4 Å². The number of rotatable bonds is 12. The molecule has 41 heavy (non-hydrogen) atoms. The average Bonchev–Trinajstić information content (AvgIpc) is 3.01. The molecule has 220 valence electrons. The minimum Gasteiger partial charge on any atom is -0.497 e. The van der Waals surface area contributed by atoms with Gasteiger partial charge in [0, 0.05) is 32.2 Å². The highest BCUT2D eigenvalue weighted by molar-refractivity contribution is 7.89. The van der Waals surface area contributed by atoms with Crippen LogP contribution in [0.4, 0.5) is 0 Å². The largest absolute Gasteiger partial charge is 0.497 e. The molecule has 9 nitrogen and oxygen atoms in total. The van der Waals surface area contributed by atoms with Gasteiger partial charge in [-0.1, -0.05) is 55.5 Å². The molecule has 1 saturated heterocycles. The first-order valence-electron chi connectivity index (χ1n) is 13.7. The van der Waals surface area contributed by atoms with Gasteiger partial charge in [-0.3, -0.25) is 4.79 Å². The van der Waals surface area contributed by atoms with Crippen LogP contribution in [0.25, 0.3) is 0 Å². The second-order valence-electron chi connectivity index (χ2n) is 9.97. The van der Waals surface area contributed by atoms with E-state index >= 15 is 0 Å².